The summed E-state index contributed by atoms with van der Waals surface area (Å²) >= 11 is 0. The highest BCUT2D eigenvalue weighted by atomic mass is 15.0. The molecule has 2 N–H and O–H groups in total. The van der Waals surface area contributed by atoms with Gasteiger partial charge in [-0.3, -0.25) is 0 Å². The molecule has 0 unspecified atom stereocenters. The molecule has 0 spiro atoms. The number of aromatic nitrogens is 2. The van der Waals surface area contributed by atoms with Gasteiger partial charge >= 0.3 is 0 Å². The fraction of sp³-hybridized carbons (Fsp3) is 0.333. The maximum Gasteiger partial charge on any atom is 0.131 e. The maximum atomic E-state index is 4.19. The van der Waals surface area contributed by atoms with Crippen LogP contribution in [-0.4, -0.2) is 17.0 Å². The van der Waals surface area contributed by atoms with Crippen LogP contribution in [0.25, 0.3) is 0 Å². The Kier molecular flexibility index (Phi) is 4.72. The molecule has 0 bridgehead atoms. The number of hydrogen-bond acceptors (Lipinski definition) is 4. The molecule has 1 aromatic heterocycles. The number of anilines is 2. The van der Waals surface area contributed by atoms with Crippen molar-refractivity contribution in [3.8, 4) is 0 Å². The zero-order valence-electron chi connectivity index (χ0n) is 11.5. The highest BCUT2D eigenvalue weighted by molar-refractivity contribution is 5.46. The monoisotopic (exact) mass is 256 g/mol. The Morgan fingerprint density at radius 2 is 1.68 bits per heavy atom. The van der Waals surface area contributed by atoms with E-state index in [1.807, 2.05) is 13.1 Å². The standard InChI is InChI=1S/C15H20N4/c1-3-4-12-5-7-13(8-6-12)10-17-15-9-14(16-2)18-11-19-15/h5-9,11H,3-4,10H2,1-2H3,(H2,16,17,18,19). The molecule has 0 aliphatic heterocycles. The summed E-state index contributed by atoms with van der Waals surface area (Å²) in [6.45, 7) is 2.97. The topological polar surface area (TPSA) is 49.8 Å². The summed E-state index contributed by atoms with van der Waals surface area (Å²) in [6, 6.07) is 10.6. The summed E-state index contributed by atoms with van der Waals surface area (Å²) in [7, 11) is 1.85. The molecule has 19 heavy (non-hydrogen) atoms. The van der Waals surface area contributed by atoms with Crippen molar-refractivity contribution < 1.29 is 0 Å². The van der Waals surface area contributed by atoms with Crippen molar-refractivity contribution in [2.24, 2.45) is 0 Å². The van der Waals surface area contributed by atoms with Crippen LogP contribution in [0.1, 0.15) is 24.5 Å². The Bertz CT molecular complexity index is 508. The van der Waals surface area contributed by atoms with Gasteiger partial charge in [0.2, 0.25) is 0 Å². The van der Waals surface area contributed by atoms with E-state index in [0.29, 0.717) is 0 Å². The zero-order chi connectivity index (χ0) is 13.5. The molecule has 0 fully saturated rings. The third-order valence-electron chi connectivity index (χ3n) is 2.96. The Hall–Kier alpha value is -2.10. The molecule has 0 radical (unpaired) electrons. The third-order valence-corrected chi connectivity index (χ3v) is 2.96. The number of aryl methyl sites for hydroxylation is 1. The summed E-state index contributed by atoms with van der Waals surface area (Å²) in [5, 5.41) is 6.29. The Morgan fingerprint density at radius 3 is 2.37 bits per heavy atom. The van der Waals surface area contributed by atoms with Crippen molar-refractivity contribution in [1.29, 1.82) is 0 Å². The summed E-state index contributed by atoms with van der Waals surface area (Å²) in [6.07, 6.45) is 3.88. The summed E-state index contributed by atoms with van der Waals surface area (Å²) in [5.41, 5.74) is 2.65. The smallest absolute Gasteiger partial charge is 0.131 e. The quantitative estimate of drug-likeness (QED) is 0.834. The molecule has 0 saturated carbocycles. The van der Waals surface area contributed by atoms with Crippen LogP contribution >= 0.6 is 0 Å². The van der Waals surface area contributed by atoms with E-state index in [1.54, 1.807) is 6.33 Å². The van der Waals surface area contributed by atoms with Crippen LogP contribution < -0.4 is 10.6 Å². The lowest BCUT2D eigenvalue weighted by molar-refractivity contribution is 0.920. The van der Waals surface area contributed by atoms with Gasteiger partial charge in [0.05, 0.1) is 0 Å². The normalized spacial score (nSPS) is 10.2. The van der Waals surface area contributed by atoms with E-state index in [4.69, 9.17) is 0 Å². The number of hydrogen-bond donors (Lipinski definition) is 2. The van der Waals surface area contributed by atoms with Crippen LogP contribution in [0.3, 0.4) is 0 Å². The molecule has 1 aromatic carbocycles. The summed E-state index contributed by atoms with van der Waals surface area (Å²) in [4.78, 5) is 8.27. The molecule has 2 rings (SSSR count). The number of benzene rings is 1. The lowest BCUT2D eigenvalue weighted by Crippen LogP contribution is -2.03. The molecule has 0 saturated heterocycles. The molecular formula is C15H20N4. The SMILES string of the molecule is CCCc1ccc(CNc2cc(NC)ncn2)cc1. The van der Waals surface area contributed by atoms with Crippen LogP contribution in [0.15, 0.2) is 36.7 Å². The van der Waals surface area contributed by atoms with Crippen molar-refractivity contribution in [3.63, 3.8) is 0 Å². The van der Waals surface area contributed by atoms with E-state index in [9.17, 15) is 0 Å². The predicted molar refractivity (Wildman–Crippen MR) is 79.3 cm³/mol. The minimum absolute atomic E-state index is 0.770. The van der Waals surface area contributed by atoms with E-state index < -0.39 is 0 Å². The number of nitrogens with zero attached hydrogens (tertiary/aromatic N) is 2. The molecule has 100 valence electrons. The molecule has 2 aromatic rings. The first kappa shape index (κ1) is 13.3. The summed E-state index contributed by atoms with van der Waals surface area (Å²) < 4.78 is 0. The molecule has 0 amide bonds. The van der Waals surface area contributed by atoms with Gasteiger partial charge in [0.15, 0.2) is 0 Å². The van der Waals surface area contributed by atoms with Gasteiger partial charge in [-0.25, -0.2) is 9.97 Å². The van der Waals surface area contributed by atoms with E-state index in [-0.39, 0.29) is 0 Å². The van der Waals surface area contributed by atoms with Gasteiger partial charge in [-0.05, 0) is 17.5 Å². The van der Waals surface area contributed by atoms with E-state index in [1.165, 1.54) is 17.5 Å². The van der Waals surface area contributed by atoms with Crippen molar-refractivity contribution in [2.45, 2.75) is 26.3 Å². The van der Waals surface area contributed by atoms with Gasteiger partial charge in [-0.15, -0.1) is 0 Å². The Morgan fingerprint density at radius 1 is 1.00 bits per heavy atom. The minimum atomic E-state index is 0.770. The predicted octanol–water partition coefficient (Wildman–Crippen LogP) is 3.08. The average Bonchev–Trinajstić information content (AvgIpc) is 2.47. The largest absolute Gasteiger partial charge is 0.373 e. The van der Waals surface area contributed by atoms with Crippen LogP contribution in [0, 0.1) is 0 Å². The van der Waals surface area contributed by atoms with Crippen LogP contribution in [0.4, 0.5) is 11.6 Å². The minimum Gasteiger partial charge on any atom is -0.373 e. The van der Waals surface area contributed by atoms with Crippen molar-refractivity contribution >= 4 is 11.6 Å². The molecule has 4 heteroatoms. The molecule has 0 aliphatic rings. The molecule has 0 atom stereocenters. The van der Waals surface area contributed by atoms with Gasteiger partial charge in [-0.1, -0.05) is 37.6 Å². The highest BCUT2D eigenvalue weighted by Crippen LogP contribution is 2.11. The second kappa shape index (κ2) is 6.73. The van der Waals surface area contributed by atoms with E-state index in [2.05, 4.69) is 51.8 Å². The zero-order valence-corrected chi connectivity index (χ0v) is 11.5. The highest BCUT2D eigenvalue weighted by Gasteiger charge is 1.98. The molecule has 4 nitrogen and oxygen atoms in total. The molecule has 1 heterocycles. The third kappa shape index (κ3) is 3.95. The fourth-order valence-corrected chi connectivity index (χ4v) is 1.90. The first-order valence-corrected chi connectivity index (χ1v) is 6.63. The van der Waals surface area contributed by atoms with Crippen molar-refractivity contribution in [3.05, 3.63) is 47.8 Å². The van der Waals surface area contributed by atoms with Gasteiger partial charge in [0, 0.05) is 19.7 Å². The van der Waals surface area contributed by atoms with Crippen LogP contribution in [0.2, 0.25) is 0 Å². The lowest BCUT2D eigenvalue weighted by Gasteiger charge is -2.07. The Labute approximate surface area is 114 Å². The van der Waals surface area contributed by atoms with Crippen LogP contribution in [0.5, 0.6) is 0 Å². The van der Waals surface area contributed by atoms with Crippen LogP contribution in [-0.2, 0) is 13.0 Å². The van der Waals surface area contributed by atoms with Crippen molar-refractivity contribution in [2.75, 3.05) is 17.7 Å². The fourth-order valence-electron chi connectivity index (χ4n) is 1.90. The average molecular weight is 256 g/mol. The number of rotatable bonds is 6. The number of nitrogens with one attached hydrogen (secondary N) is 2. The first-order chi connectivity index (χ1) is 9.31. The van der Waals surface area contributed by atoms with Gasteiger partial charge in [-0.2, -0.15) is 0 Å². The maximum absolute atomic E-state index is 4.19. The molecule has 0 aliphatic carbocycles. The van der Waals surface area contributed by atoms with Crippen molar-refractivity contribution in [1.82, 2.24) is 9.97 Å². The van der Waals surface area contributed by atoms with Gasteiger partial charge in [0.1, 0.15) is 18.0 Å². The van der Waals surface area contributed by atoms with E-state index >= 15 is 0 Å². The lowest BCUT2D eigenvalue weighted by atomic mass is 10.1. The second-order valence-corrected chi connectivity index (χ2v) is 4.46. The Balaban J connectivity index is 1.94. The molecular weight excluding hydrogens is 236 g/mol. The van der Waals surface area contributed by atoms with Gasteiger partial charge < -0.3 is 10.6 Å². The second-order valence-electron chi connectivity index (χ2n) is 4.46. The first-order valence-electron chi connectivity index (χ1n) is 6.63. The van der Waals surface area contributed by atoms with E-state index in [0.717, 1.165) is 24.6 Å². The van der Waals surface area contributed by atoms with Gasteiger partial charge in [0.25, 0.3) is 0 Å². The summed E-state index contributed by atoms with van der Waals surface area (Å²) in [5.74, 6) is 1.65.